The quantitative estimate of drug-likeness (QED) is 0.875. The number of benzene rings is 1. The van der Waals surface area contributed by atoms with E-state index in [2.05, 4.69) is 5.32 Å². The molecule has 100 valence electrons. The van der Waals surface area contributed by atoms with Crippen molar-refractivity contribution in [1.82, 2.24) is 0 Å². The zero-order valence-corrected chi connectivity index (χ0v) is 9.88. The molecule has 0 atom stereocenters. The van der Waals surface area contributed by atoms with Gasteiger partial charge in [-0.1, -0.05) is 0 Å². The van der Waals surface area contributed by atoms with Crippen LogP contribution in [0.1, 0.15) is 16.7 Å². The van der Waals surface area contributed by atoms with Gasteiger partial charge in [0, 0.05) is 12.1 Å². The zero-order chi connectivity index (χ0) is 14.7. The molecule has 0 bridgehead atoms. The first-order valence-electron chi connectivity index (χ1n) is 5.35. The topological polar surface area (TPSA) is 72.8 Å². The van der Waals surface area contributed by atoms with Gasteiger partial charge in [-0.2, -0.15) is 10.5 Å². The molecule has 20 heavy (non-hydrogen) atoms. The van der Waals surface area contributed by atoms with Crippen LogP contribution in [0.5, 0.6) is 0 Å². The summed E-state index contributed by atoms with van der Waals surface area (Å²) in [4.78, 5) is 0. The van der Waals surface area contributed by atoms with Gasteiger partial charge in [0.1, 0.15) is 23.3 Å². The summed E-state index contributed by atoms with van der Waals surface area (Å²) in [6.45, 7) is 0.00683. The molecule has 1 heterocycles. The van der Waals surface area contributed by atoms with Crippen molar-refractivity contribution in [3.8, 4) is 12.1 Å². The van der Waals surface area contributed by atoms with E-state index < -0.39 is 34.3 Å². The van der Waals surface area contributed by atoms with E-state index in [1.165, 1.54) is 24.7 Å². The van der Waals surface area contributed by atoms with Gasteiger partial charge in [0.25, 0.3) is 0 Å². The lowest BCUT2D eigenvalue weighted by molar-refractivity contribution is 0.492. The lowest BCUT2D eigenvalue weighted by Crippen LogP contribution is -2.09. The Morgan fingerprint density at radius 1 is 1.05 bits per heavy atom. The zero-order valence-electron chi connectivity index (χ0n) is 9.88. The van der Waals surface area contributed by atoms with E-state index in [1.54, 1.807) is 6.07 Å². The van der Waals surface area contributed by atoms with Gasteiger partial charge in [0.05, 0.1) is 18.2 Å². The molecule has 0 saturated heterocycles. The number of furan rings is 1. The van der Waals surface area contributed by atoms with Gasteiger partial charge in [0.2, 0.25) is 0 Å². The van der Waals surface area contributed by atoms with Crippen molar-refractivity contribution in [1.29, 1.82) is 10.5 Å². The van der Waals surface area contributed by atoms with E-state index in [0.717, 1.165) is 0 Å². The van der Waals surface area contributed by atoms with Crippen LogP contribution in [-0.4, -0.2) is 0 Å². The minimum atomic E-state index is -1.63. The molecule has 1 aromatic carbocycles. The molecule has 0 aliphatic heterocycles. The summed E-state index contributed by atoms with van der Waals surface area (Å²) in [5.41, 5.74) is -1.89. The first-order valence-corrected chi connectivity index (χ1v) is 5.35. The minimum Gasteiger partial charge on any atom is -0.472 e. The van der Waals surface area contributed by atoms with E-state index in [1.807, 2.05) is 0 Å². The van der Waals surface area contributed by atoms with E-state index in [0.29, 0.717) is 5.56 Å². The predicted octanol–water partition coefficient (Wildman–Crippen LogP) is 3.05. The molecule has 0 aliphatic rings. The molecule has 0 aliphatic carbocycles. The van der Waals surface area contributed by atoms with Gasteiger partial charge in [-0.15, -0.1) is 0 Å². The Bertz CT molecular complexity index is 727. The summed E-state index contributed by atoms with van der Waals surface area (Å²) < 4.78 is 45.8. The molecule has 4 nitrogen and oxygen atoms in total. The summed E-state index contributed by atoms with van der Waals surface area (Å²) >= 11 is 0. The minimum absolute atomic E-state index is 0.00683. The molecular formula is C13H6F3N3O. The van der Waals surface area contributed by atoms with Crippen LogP contribution in [0.4, 0.5) is 18.9 Å². The van der Waals surface area contributed by atoms with Crippen LogP contribution in [0.2, 0.25) is 0 Å². The highest BCUT2D eigenvalue weighted by Gasteiger charge is 2.25. The SMILES string of the molecule is N#Cc1c(F)c(F)c(NCc2ccoc2)c(C#N)c1F. The van der Waals surface area contributed by atoms with Gasteiger partial charge in [-0.05, 0) is 6.07 Å². The Balaban J connectivity index is 2.48. The van der Waals surface area contributed by atoms with E-state index in [9.17, 15) is 13.2 Å². The van der Waals surface area contributed by atoms with Gasteiger partial charge < -0.3 is 9.73 Å². The molecular weight excluding hydrogens is 271 g/mol. The molecule has 1 N–H and O–H groups in total. The van der Waals surface area contributed by atoms with Gasteiger partial charge in [0.15, 0.2) is 17.5 Å². The van der Waals surface area contributed by atoms with Crippen LogP contribution in [0, 0.1) is 40.1 Å². The number of nitrogens with zero attached hydrogens (tertiary/aromatic N) is 2. The monoisotopic (exact) mass is 277 g/mol. The second-order valence-corrected chi connectivity index (χ2v) is 3.78. The van der Waals surface area contributed by atoms with Crippen molar-refractivity contribution in [2.75, 3.05) is 5.32 Å². The Hall–Kier alpha value is -2.93. The Morgan fingerprint density at radius 2 is 1.75 bits per heavy atom. The average Bonchev–Trinajstić information content (AvgIpc) is 2.95. The number of nitrogens with one attached hydrogen (secondary N) is 1. The first kappa shape index (κ1) is 13.5. The van der Waals surface area contributed by atoms with Crippen molar-refractivity contribution >= 4 is 5.69 Å². The second-order valence-electron chi connectivity index (χ2n) is 3.78. The maximum atomic E-state index is 13.8. The summed E-state index contributed by atoms with van der Waals surface area (Å²) in [5.74, 6) is -4.48. The fourth-order valence-corrected chi connectivity index (χ4v) is 1.61. The molecule has 1 aromatic heterocycles. The number of halogens is 3. The molecule has 0 amide bonds. The highest BCUT2D eigenvalue weighted by molar-refractivity contribution is 5.62. The van der Waals surface area contributed by atoms with E-state index >= 15 is 0 Å². The first-order chi connectivity index (χ1) is 9.60. The third-order valence-corrected chi connectivity index (χ3v) is 2.59. The normalized spacial score (nSPS) is 9.85. The van der Waals surface area contributed by atoms with Gasteiger partial charge in [-0.25, -0.2) is 13.2 Å². The Kier molecular flexibility index (Phi) is 3.62. The molecule has 0 radical (unpaired) electrons. The summed E-state index contributed by atoms with van der Waals surface area (Å²) in [7, 11) is 0. The largest absolute Gasteiger partial charge is 0.472 e. The molecule has 0 unspecified atom stereocenters. The van der Waals surface area contributed by atoms with E-state index in [4.69, 9.17) is 14.9 Å². The fraction of sp³-hybridized carbons (Fsp3) is 0.0769. The molecule has 2 aromatic rings. The van der Waals surface area contributed by atoms with Crippen molar-refractivity contribution in [2.24, 2.45) is 0 Å². The van der Waals surface area contributed by atoms with Crippen LogP contribution in [-0.2, 0) is 6.54 Å². The summed E-state index contributed by atoms with van der Waals surface area (Å²) in [6, 6.07) is 4.17. The average molecular weight is 277 g/mol. The summed E-state index contributed by atoms with van der Waals surface area (Å²) in [6.07, 6.45) is 2.73. The Morgan fingerprint density at radius 3 is 2.30 bits per heavy atom. The van der Waals surface area contributed by atoms with Crippen LogP contribution < -0.4 is 5.32 Å². The van der Waals surface area contributed by atoms with Crippen molar-refractivity contribution < 1.29 is 17.6 Å². The number of anilines is 1. The van der Waals surface area contributed by atoms with Crippen LogP contribution in [0.15, 0.2) is 23.0 Å². The van der Waals surface area contributed by atoms with Crippen molar-refractivity contribution in [3.05, 3.63) is 52.7 Å². The maximum Gasteiger partial charge on any atom is 0.184 e. The number of rotatable bonds is 3. The van der Waals surface area contributed by atoms with Crippen LogP contribution in [0.25, 0.3) is 0 Å². The maximum absolute atomic E-state index is 13.8. The number of hydrogen-bond acceptors (Lipinski definition) is 4. The lowest BCUT2D eigenvalue weighted by atomic mass is 10.1. The second kappa shape index (κ2) is 5.37. The predicted molar refractivity (Wildman–Crippen MR) is 61.8 cm³/mol. The molecule has 0 spiro atoms. The molecule has 0 saturated carbocycles. The number of nitriles is 2. The van der Waals surface area contributed by atoms with Crippen molar-refractivity contribution in [2.45, 2.75) is 6.54 Å². The molecule has 0 fully saturated rings. The smallest absolute Gasteiger partial charge is 0.184 e. The highest BCUT2D eigenvalue weighted by Crippen LogP contribution is 2.28. The molecule has 7 heteroatoms. The van der Waals surface area contributed by atoms with Crippen molar-refractivity contribution in [3.63, 3.8) is 0 Å². The molecule has 2 rings (SSSR count). The highest BCUT2D eigenvalue weighted by atomic mass is 19.2. The standard InChI is InChI=1S/C13H6F3N3O/c14-10-8(3-17)11(15)12(16)13(9(10)4-18)19-5-7-1-2-20-6-7/h1-2,6,19H,5H2. The lowest BCUT2D eigenvalue weighted by Gasteiger charge is -2.11. The van der Waals surface area contributed by atoms with Gasteiger partial charge in [-0.3, -0.25) is 0 Å². The number of hydrogen-bond donors (Lipinski definition) is 1. The summed E-state index contributed by atoms with van der Waals surface area (Å²) in [5, 5.41) is 19.8. The third-order valence-electron chi connectivity index (χ3n) is 2.59. The van der Waals surface area contributed by atoms with Gasteiger partial charge >= 0.3 is 0 Å². The van der Waals surface area contributed by atoms with E-state index in [-0.39, 0.29) is 6.54 Å². The Labute approximate surface area is 111 Å². The third kappa shape index (κ3) is 2.17. The van der Waals surface area contributed by atoms with Crippen LogP contribution in [0.3, 0.4) is 0 Å². The fourth-order valence-electron chi connectivity index (χ4n) is 1.61. The van der Waals surface area contributed by atoms with Crippen LogP contribution >= 0.6 is 0 Å².